The molecule has 5 heteroatoms. The number of nitrogens with one attached hydrogen (secondary N) is 1. The summed E-state index contributed by atoms with van der Waals surface area (Å²) in [4.78, 5) is 26.7. The van der Waals surface area contributed by atoms with Crippen molar-refractivity contribution in [3.8, 4) is 10.6 Å². The van der Waals surface area contributed by atoms with Crippen LogP contribution in [0.4, 0.5) is 0 Å². The molecule has 0 atom stereocenters. The Morgan fingerprint density at radius 3 is 3.00 bits per heavy atom. The van der Waals surface area contributed by atoms with Gasteiger partial charge in [0.2, 0.25) is 0 Å². The molecular formula is C10H9NO2S2. The van der Waals surface area contributed by atoms with Crippen LogP contribution in [-0.2, 0) is 11.2 Å². The Morgan fingerprint density at radius 1 is 1.60 bits per heavy atom. The fourth-order valence-electron chi connectivity index (χ4n) is 1.29. The topological polar surface area (TPSA) is 49.9 Å². The van der Waals surface area contributed by atoms with E-state index in [1.165, 1.54) is 10.3 Å². The van der Waals surface area contributed by atoms with Gasteiger partial charge in [-0.3, -0.25) is 9.59 Å². The smallest absolute Gasteiger partial charge is 0.253 e. The van der Waals surface area contributed by atoms with Crippen LogP contribution in [0.3, 0.4) is 0 Å². The van der Waals surface area contributed by atoms with Crippen LogP contribution in [0.15, 0.2) is 22.3 Å². The monoisotopic (exact) mass is 239 g/mol. The van der Waals surface area contributed by atoms with Gasteiger partial charge in [-0.15, -0.1) is 0 Å². The highest BCUT2D eigenvalue weighted by Crippen LogP contribution is 2.32. The second-order valence-electron chi connectivity index (χ2n) is 3.35. The summed E-state index contributed by atoms with van der Waals surface area (Å²) in [6.07, 6.45) is 0.154. The quantitative estimate of drug-likeness (QED) is 0.660. The van der Waals surface area contributed by atoms with Crippen LogP contribution in [0, 0.1) is 0 Å². The molecule has 0 aromatic rings. The molecule has 0 saturated carbocycles. The van der Waals surface area contributed by atoms with E-state index in [0.29, 0.717) is 11.1 Å². The van der Waals surface area contributed by atoms with E-state index in [-0.39, 0.29) is 17.8 Å². The van der Waals surface area contributed by atoms with E-state index in [1.54, 1.807) is 17.3 Å². The van der Waals surface area contributed by atoms with Crippen molar-refractivity contribution in [3.63, 3.8) is 0 Å². The first-order valence-corrected chi connectivity index (χ1v) is 6.58. The van der Waals surface area contributed by atoms with Gasteiger partial charge in [-0.05, 0) is 12.5 Å². The Kier molecular flexibility index (Phi) is 2.58. The predicted molar refractivity (Wildman–Crippen MR) is 63.0 cm³/mol. The molecule has 0 saturated heterocycles. The molecule has 0 amide bonds. The first-order chi connectivity index (χ1) is 7.09. The first-order valence-electron chi connectivity index (χ1n) is 4.36. The third-order valence-corrected chi connectivity index (χ3v) is 4.29. The normalized spacial score (nSPS) is 10.7. The zero-order valence-electron chi connectivity index (χ0n) is 8.12. The Morgan fingerprint density at radius 2 is 2.33 bits per heavy atom. The molecule has 0 radical (unpaired) electrons. The summed E-state index contributed by atoms with van der Waals surface area (Å²) in [5.41, 5.74) is 1.74. The zero-order valence-corrected chi connectivity index (χ0v) is 9.76. The van der Waals surface area contributed by atoms with Crippen LogP contribution in [0.1, 0.15) is 12.5 Å². The summed E-state index contributed by atoms with van der Waals surface area (Å²) in [5, 5.41) is 1.89. The summed E-state index contributed by atoms with van der Waals surface area (Å²) in [6, 6.07) is 0. The van der Waals surface area contributed by atoms with Gasteiger partial charge in [-0.25, -0.2) is 0 Å². The van der Waals surface area contributed by atoms with Crippen molar-refractivity contribution in [2.24, 2.45) is 0 Å². The molecule has 15 heavy (non-hydrogen) atoms. The second kappa shape index (κ2) is 3.75. The van der Waals surface area contributed by atoms with Gasteiger partial charge in [0.25, 0.3) is 5.56 Å². The van der Waals surface area contributed by atoms with Crippen molar-refractivity contribution in [1.29, 1.82) is 0 Å². The van der Waals surface area contributed by atoms with Gasteiger partial charge in [0.05, 0.1) is 10.6 Å². The molecule has 0 bridgehead atoms. The number of hydrogen-bond acceptors (Lipinski definition) is 4. The van der Waals surface area contributed by atoms with Crippen molar-refractivity contribution in [2.45, 2.75) is 13.3 Å². The van der Waals surface area contributed by atoms with Crippen LogP contribution >= 0.6 is 20.7 Å². The summed E-state index contributed by atoms with van der Waals surface area (Å²) in [5.74, 6) is -0.0774. The van der Waals surface area contributed by atoms with Crippen LogP contribution in [0.5, 0.6) is 0 Å². The van der Waals surface area contributed by atoms with Gasteiger partial charge in [0.1, 0.15) is 0 Å². The molecule has 0 spiro atoms. The lowest BCUT2D eigenvalue weighted by atomic mass is 10.1. The minimum Gasteiger partial charge on any atom is -0.320 e. The standard InChI is InChI=1S/C10H9NO2S2/c1-5(2)8(12)3-6-9-7(4-14-15-9)11-10(6)13/h4H,1,3H2,2H3,(H,11,13). The van der Waals surface area contributed by atoms with Crippen LogP contribution in [0.2, 0.25) is 0 Å². The SMILES string of the molecule is C=C(C)C(=O)Cc1c2sscc-2[nH]c1=O. The van der Waals surface area contributed by atoms with Crippen LogP contribution in [0.25, 0.3) is 10.6 Å². The molecule has 2 heterocycles. The minimum absolute atomic E-state index is 0.0774. The molecule has 0 fully saturated rings. The number of aromatic amines is 1. The number of hydrogen-bond donors (Lipinski definition) is 1. The van der Waals surface area contributed by atoms with Crippen molar-refractivity contribution < 1.29 is 4.79 Å². The van der Waals surface area contributed by atoms with E-state index < -0.39 is 0 Å². The van der Waals surface area contributed by atoms with E-state index in [2.05, 4.69) is 11.6 Å². The summed E-state index contributed by atoms with van der Waals surface area (Å²) in [6.45, 7) is 5.24. The average Bonchev–Trinajstić information content (AvgIpc) is 2.69. The average molecular weight is 239 g/mol. The summed E-state index contributed by atoms with van der Waals surface area (Å²) < 4.78 is 0. The maximum absolute atomic E-state index is 11.5. The maximum atomic E-state index is 11.5. The highest BCUT2D eigenvalue weighted by molar-refractivity contribution is 7.70. The molecule has 3 nitrogen and oxygen atoms in total. The molecule has 78 valence electrons. The van der Waals surface area contributed by atoms with Crippen LogP contribution in [-0.4, -0.2) is 10.8 Å². The van der Waals surface area contributed by atoms with Gasteiger partial charge in [0.15, 0.2) is 5.78 Å². The lowest BCUT2D eigenvalue weighted by Crippen LogP contribution is -2.11. The number of H-pyrrole nitrogens is 1. The molecule has 0 aromatic heterocycles. The van der Waals surface area contributed by atoms with Gasteiger partial charge in [0, 0.05) is 17.4 Å². The number of allylic oxidation sites excluding steroid dienone is 1. The lowest BCUT2D eigenvalue weighted by Gasteiger charge is -1.96. The largest absolute Gasteiger partial charge is 0.320 e. The van der Waals surface area contributed by atoms with Crippen molar-refractivity contribution in [3.05, 3.63) is 33.4 Å². The number of ketones is 1. The van der Waals surface area contributed by atoms with Gasteiger partial charge >= 0.3 is 0 Å². The molecule has 0 unspecified atom stereocenters. The van der Waals surface area contributed by atoms with E-state index in [1.807, 2.05) is 5.38 Å². The minimum atomic E-state index is -0.154. The van der Waals surface area contributed by atoms with Crippen molar-refractivity contribution in [1.82, 2.24) is 4.98 Å². The van der Waals surface area contributed by atoms with Crippen molar-refractivity contribution in [2.75, 3.05) is 0 Å². The molecule has 0 aliphatic carbocycles. The molecule has 1 N–H and O–H groups in total. The number of carbonyl (C=O) groups is 1. The van der Waals surface area contributed by atoms with Gasteiger partial charge in [-0.1, -0.05) is 27.3 Å². The summed E-state index contributed by atoms with van der Waals surface area (Å²) >= 11 is 0. The number of fused-ring (bicyclic) bond motifs is 1. The third-order valence-electron chi connectivity index (χ3n) is 2.15. The van der Waals surface area contributed by atoms with E-state index in [4.69, 9.17) is 0 Å². The number of rotatable bonds is 3. The highest BCUT2D eigenvalue weighted by Gasteiger charge is 2.19. The second-order valence-corrected chi connectivity index (χ2v) is 5.43. The molecule has 2 aliphatic heterocycles. The molecule has 2 aliphatic rings. The molecule has 0 aromatic carbocycles. The Labute approximate surface area is 93.8 Å². The number of carbonyl (C=O) groups excluding carboxylic acids is 1. The highest BCUT2D eigenvalue weighted by atomic mass is 32.9. The third kappa shape index (κ3) is 1.80. The number of aromatic nitrogens is 1. The Bertz CT molecular complexity index is 546. The Balaban J connectivity index is 2.40. The van der Waals surface area contributed by atoms with Crippen LogP contribution < -0.4 is 5.56 Å². The summed E-state index contributed by atoms with van der Waals surface area (Å²) in [7, 11) is 3.07. The van der Waals surface area contributed by atoms with Gasteiger partial charge < -0.3 is 4.98 Å². The van der Waals surface area contributed by atoms with Crippen molar-refractivity contribution >= 4 is 26.5 Å². The fourth-order valence-corrected chi connectivity index (χ4v) is 3.54. The molecule has 2 rings (SSSR count). The predicted octanol–water partition coefficient (Wildman–Crippen LogP) is 2.29. The molecular weight excluding hydrogens is 230 g/mol. The fraction of sp³-hybridized carbons (Fsp3) is 0.200. The van der Waals surface area contributed by atoms with E-state index >= 15 is 0 Å². The Hall–Kier alpha value is -1.20. The zero-order chi connectivity index (χ0) is 11.0. The first kappa shape index (κ1) is 10.3. The maximum Gasteiger partial charge on any atom is 0.253 e. The lowest BCUT2D eigenvalue weighted by molar-refractivity contribution is -0.114. The van der Waals surface area contributed by atoms with Gasteiger partial charge in [-0.2, -0.15) is 0 Å². The number of Topliss-reactive ketones (excluding diaryl/α,β-unsaturated/α-hetero) is 1. The van der Waals surface area contributed by atoms with E-state index in [0.717, 1.165) is 10.6 Å². The van der Waals surface area contributed by atoms with E-state index in [9.17, 15) is 9.59 Å².